The maximum absolute atomic E-state index is 11.1. The number of halogens is 1. The molecular formula is C9H9ClN2O3. The molecule has 0 aliphatic heterocycles. The van der Waals surface area contributed by atoms with Crippen LogP contribution < -0.4 is 5.32 Å². The van der Waals surface area contributed by atoms with E-state index in [1.165, 1.54) is 19.1 Å². The second-order valence-corrected chi connectivity index (χ2v) is 3.32. The Labute approximate surface area is 91.2 Å². The zero-order valence-electron chi connectivity index (χ0n) is 8.20. The van der Waals surface area contributed by atoms with E-state index in [1.807, 2.05) is 0 Å². The minimum atomic E-state index is -0.554. The van der Waals surface area contributed by atoms with Crippen LogP contribution in [-0.4, -0.2) is 17.8 Å². The average Bonchev–Trinajstić information content (AvgIpc) is 2.16. The third-order valence-corrected chi connectivity index (χ3v) is 2.24. The Hall–Kier alpha value is -1.62. The van der Waals surface area contributed by atoms with Gasteiger partial charge in [0.05, 0.1) is 9.95 Å². The predicted octanol–water partition coefficient (Wildman–Crippen LogP) is 2.49. The highest BCUT2D eigenvalue weighted by Gasteiger charge is 2.18. The van der Waals surface area contributed by atoms with Crippen molar-refractivity contribution in [3.8, 4) is 0 Å². The number of benzene rings is 1. The van der Waals surface area contributed by atoms with Crippen molar-refractivity contribution in [1.29, 1.82) is 0 Å². The van der Waals surface area contributed by atoms with Crippen molar-refractivity contribution < 1.29 is 9.72 Å². The number of carbonyl (C=O) groups is 1. The molecule has 0 aromatic heterocycles. The van der Waals surface area contributed by atoms with E-state index in [2.05, 4.69) is 5.32 Å². The Morgan fingerprint density at radius 1 is 1.53 bits per heavy atom. The molecule has 0 aliphatic carbocycles. The summed E-state index contributed by atoms with van der Waals surface area (Å²) in [7, 11) is 1.54. The minimum absolute atomic E-state index is 0.0909. The van der Waals surface area contributed by atoms with Gasteiger partial charge in [0.2, 0.25) is 0 Å². The van der Waals surface area contributed by atoms with Crippen LogP contribution in [-0.2, 0) is 0 Å². The molecule has 15 heavy (non-hydrogen) atoms. The van der Waals surface area contributed by atoms with Crippen molar-refractivity contribution in [2.75, 3.05) is 12.4 Å². The summed E-state index contributed by atoms with van der Waals surface area (Å²) in [4.78, 5) is 21.2. The van der Waals surface area contributed by atoms with Gasteiger partial charge in [0.25, 0.3) is 5.69 Å². The second-order valence-electron chi connectivity index (χ2n) is 2.91. The van der Waals surface area contributed by atoms with Crippen LogP contribution >= 0.6 is 11.6 Å². The zero-order chi connectivity index (χ0) is 11.6. The topological polar surface area (TPSA) is 72.2 Å². The van der Waals surface area contributed by atoms with Crippen LogP contribution in [0.3, 0.4) is 0 Å². The van der Waals surface area contributed by atoms with Crippen molar-refractivity contribution in [3.05, 3.63) is 32.8 Å². The molecule has 0 amide bonds. The first-order valence-electron chi connectivity index (χ1n) is 4.14. The third-order valence-electron chi connectivity index (χ3n) is 1.93. The van der Waals surface area contributed by atoms with Crippen LogP contribution in [0.25, 0.3) is 0 Å². The van der Waals surface area contributed by atoms with Crippen molar-refractivity contribution in [1.82, 2.24) is 0 Å². The average molecular weight is 229 g/mol. The molecule has 0 saturated heterocycles. The van der Waals surface area contributed by atoms with Crippen LogP contribution in [0.2, 0.25) is 5.02 Å². The van der Waals surface area contributed by atoms with Crippen LogP contribution in [0.5, 0.6) is 0 Å². The van der Waals surface area contributed by atoms with Crippen LogP contribution in [0.4, 0.5) is 11.4 Å². The molecule has 0 bridgehead atoms. The Morgan fingerprint density at radius 3 is 2.53 bits per heavy atom. The fourth-order valence-electron chi connectivity index (χ4n) is 1.18. The van der Waals surface area contributed by atoms with Gasteiger partial charge in [-0.05, 0) is 13.0 Å². The molecule has 0 spiro atoms. The fourth-order valence-corrected chi connectivity index (χ4v) is 1.47. The molecule has 1 rings (SSSR count). The largest absolute Gasteiger partial charge is 0.383 e. The van der Waals surface area contributed by atoms with Gasteiger partial charge >= 0.3 is 0 Å². The lowest BCUT2D eigenvalue weighted by Gasteiger charge is -2.05. The number of nitro groups is 1. The normalized spacial score (nSPS) is 9.80. The van der Waals surface area contributed by atoms with Gasteiger partial charge in [-0.15, -0.1) is 0 Å². The van der Waals surface area contributed by atoms with Gasteiger partial charge in [-0.2, -0.15) is 0 Å². The first-order valence-corrected chi connectivity index (χ1v) is 4.51. The van der Waals surface area contributed by atoms with Gasteiger partial charge < -0.3 is 5.32 Å². The first kappa shape index (κ1) is 11.5. The van der Waals surface area contributed by atoms with Crippen LogP contribution in [0, 0.1) is 10.1 Å². The number of hydrogen-bond donors (Lipinski definition) is 1. The smallest absolute Gasteiger partial charge is 0.293 e. The molecule has 0 heterocycles. The van der Waals surface area contributed by atoms with Crippen molar-refractivity contribution in [2.45, 2.75) is 6.92 Å². The molecule has 5 nitrogen and oxygen atoms in total. The molecule has 0 radical (unpaired) electrons. The summed E-state index contributed by atoms with van der Waals surface area (Å²) in [6.07, 6.45) is 0. The zero-order valence-corrected chi connectivity index (χ0v) is 8.96. The number of ketones is 1. The number of nitro benzene ring substituents is 1. The van der Waals surface area contributed by atoms with E-state index in [0.717, 1.165) is 0 Å². The minimum Gasteiger partial charge on any atom is -0.383 e. The summed E-state index contributed by atoms with van der Waals surface area (Å²) in [5.41, 5.74) is 0.397. The highest BCUT2D eigenvalue weighted by molar-refractivity contribution is 6.34. The number of carbonyl (C=O) groups excluding carboxylic acids is 1. The van der Waals surface area contributed by atoms with E-state index in [9.17, 15) is 14.9 Å². The lowest BCUT2D eigenvalue weighted by molar-refractivity contribution is -0.383. The molecule has 6 heteroatoms. The van der Waals surface area contributed by atoms with Crippen molar-refractivity contribution in [2.24, 2.45) is 0 Å². The number of hydrogen-bond acceptors (Lipinski definition) is 4. The van der Waals surface area contributed by atoms with Gasteiger partial charge in [-0.25, -0.2) is 0 Å². The molecule has 0 fully saturated rings. The van der Waals surface area contributed by atoms with E-state index < -0.39 is 4.92 Å². The highest BCUT2D eigenvalue weighted by atomic mass is 35.5. The van der Waals surface area contributed by atoms with Gasteiger partial charge in [0.15, 0.2) is 5.78 Å². The monoisotopic (exact) mass is 228 g/mol. The second kappa shape index (κ2) is 4.27. The number of nitrogens with one attached hydrogen (secondary N) is 1. The summed E-state index contributed by atoms with van der Waals surface area (Å²) >= 11 is 5.74. The lowest BCUT2D eigenvalue weighted by Crippen LogP contribution is -2.01. The Bertz CT molecular complexity index is 432. The predicted molar refractivity (Wildman–Crippen MR) is 57.7 cm³/mol. The Morgan fingerprint density at radius 2 is 2.13 bits per heavy atom. The SMILES string of the molecule is CNc1cc(C(C)=O)c(Cl)cc1[N+](=O)[O-]. The fraction of sp³-hybridized carbons (Fsp3) is 0.222. The van der Waals surface area contributed by atoms with E-state index >= 15 is 0 Å². The molecule has 1 aromatic carbocycles. The van der Waals surface area contributed by atoms with Gasteiger partial charge in [-0.1, -0.05) is 11.6 Å². The van der Waals surface area contributed by atoms with Crippen LogP contribution in [0.15, 0.2) is 12.1 Å². The Balaban J connectivity index is 3.42. The van der Waals surface area contributed by atoms with Crippen molar-refractivity contribution in [3.63, 3.8) is 0 Å². The number of rotatable bonds is 3. The third kappa shape index (κ3) is 2.24. The molecule has 0 saturated carbocycles. The highest BCUT2D eigenvalue weighted by Crippen LogP contribution is 2.30. The first-order chi connectivity index (χ1) is 6.97. The maximum atomic E-state index is 11.1. The summed E-state index contributed by atoms with van der Waals surface area (Å²) < 4.78 is 0. The molecule has 0 unspecified atom stereocenters. The summed E-state index contributed by atoms with van der Waals surface area (Å²) in [5, 5.41) is 13.4. The number of anilines is 1. The summed E-state index contributed by atoms with van der Waals surface area (Å²) in [6, 6.07) is 2.55. The summed E-state index contributed by atoms with van der Waals surface area (Å²) in [5.74, 6) is -0.230. The maximum Gasteiger partial charge on any atom is 0.293 e. The lowest BCUT2D eigenvalue weighted by atomic mass is 10.1. The molecule has 0 atom stereocenters. The van der Waals surface area contributed by atoms with E-state index in [-0.39, 0.29) is 27.7 Å². The van der Waals surface area contributed by atoms with E-state index in [1.54, 1.807) is 7.05 Å². The Kier molecular flexibility index (Phi) is 3.26. The van der Waals surface area contributed by atoms with E-state index in [4.69, 9.17) is 11.6 Å². The van der Waals surface area contributed by atoms with Gasteiger partial charge in [-0.3, -0.25) is 14.9 Å². The van der Waals surface area contributed by atoms with Crippen LogP contribution in [0.1, 0.15) is 17.3 Å². The number of Topliss-reactive ketones (excluding diaryl/α,β-unsaturated/α-hetero) is 1. The molecule has 1 aromatic rings. The standard InChI is InChI=1S/C9H9ClN2O3/c1-5(13)6-3-8(11-2)9(12(14)15)4-7(6)10/h3-4,11H,1-2H3. The quantitative estimate of drug-likeness (QED) is 0.490. The number of nitrogens with zero attached hydrogens (tertiary/aromatic N) is 1. The summed E-state index contributed by atoms with van der Waals surface area (Å²) in [6.45, 7) is 1.35. The molecule has 1 N–H and O–H groups in total. The van der Waals surface area contributed by atoms with Crippen molar-refractivity contribution >= 4 is 28.8 Å². The van der Waals surface area contributed by atoms with E-state index in [0.29, 0.717) is 0 Å². The molecular weight excluding hydrogens is 220 g/mol. The molecule has 80 valence electrons. The van der Waals surface area contributed by atoms with Gasteiger partial charge in [0.1, 0.15) is 5.69 Å². The van der Waals surface area contributed by atoms with Gasteiger partial charge in [0, 0.05) is 18.7 Å². The molecule has 0 aliphatic rings.